The molecule has 2 aromatic rings. The number of esters is 1. The monoisotopic (exact) mass is 482 g/mol. The molecule has 2 aromatic carbocycles. The highest BCUT2D eigenvalue weighted by atomic mass is 32.2. The summed E-state index contributed by atoms with van der Waals surface area (Å²) in [6.07, 6.45) is 2.54. The molecule has 1 aliphatic rings. The lowest BCUT2D eigenvalue weighted by molar-refractivity contribution is -0.135. The fourth-order valence-electron chi connectivity index (χ4n) is 2.65. The van der Waals surface area contributed by atoms with Crippen LogP contribution in [0.2, 0.25) is 0 Å². The smallest absolute Gasteiger partial charge is 0.331 e. The van der Waals surface area contributed by atoms with E-state index >= 15 is 0 Å². The molecule has 1 fully saturated rings. The fourth-order valence-corrected chi connectivity index (χ4v) is 3.39. The van der Waals surface area contributed by atoms with E-state index in [0.717, 1.165) is 23.4 Å². The molecular weight excluding hydrogens is 460 g/mol. The van der Waals surface area contributed by atoms with Gasteiger partial charge in [-0.25, -0.2) is 4.79 Å². The Labute approximate surface area is 200 Å². The van der Waals surface area contributed by atoms with Gasteiger partial charge in [0, 0.05) is 11.8 Å². The van der Waals surface area contributed by atoms with Gasteiger partial charge >= 0.3 is 5.97 Å². The number of amides is 2. The lowest BCUT2D eigenvalue weighted by atomic mass is 10.2. The summed E-state index contributed by atoms with van der Waals surface area (Å²) in [6, 6.07) is 12.5. The number of carbonyl (C=O) groups excluding carboxylic acids is 3. The van der Waals surface area contributed by atoms with Crippen molar-refractivity contribution in [2.45, 2.75) is 6.92 Å². The summed E-state index contributed by atoms with van der Waals surface area (Å²) in [7, 11) is 2.70. The van der Waals surface area contributed by atoms with E-state index in [1.54, 1.807) is 18.2 Å². The summed E-state index contributed by atoms with van der Waals surface area (Å²) in [5, 5.41) is 13.4. The van der Waals surface area contributed by atoms with Crippen LogP contribution in [0.5, 0.6) is 11.5 Å². The highest BCUT2D eigenvalue weighted by molar-refractivity contribution is 8.18. The summed E-state index contributed by atoms with van der Waals surface area (Å²) in [5.74, 6) is -0.597. The Hall–Kier alpha value is -4.12. The van der Waals surface area contributed by atoms with Crippen molar-refractivity contribution in [3.8, 4) is 11.5 Å². The van der Waals surface area contributed by atoms with Gasteiger partial charge in [-0.15, -0.1) is 5.10 Å². The van der Waals surface area contributed by atoms with Gasteiger partial charge in [0.2, 0.25) is 0 Å². The van der Waals surface area contributed by atoms with Crippen molar-refractivity contribution in [1.82, 2.24) is 5.32 Å². The van der Waals surface area contributed by atoms with Gasteiger partial charge in [-0.05, 0) is 54.6 Å². The zero-order chi connectivity index (χ0) is 24.5. The van der Waals surface area contributed by atoms with Crippen molar-refractivity contribution in [1.29, 1.82) is 0 Å². The highest BCUT2D eigenvalue weighted by Gasteiger charge is 2.25. The number of hydrogen-bond acceptors (Lipinski definition) is 9. The zero-order valence-electron chi connectivity index (χ0n) is 18.7. The maximum atomic E-state index is 12.2. The number of carbonyl (C=O) groups is 3. The van der Waals surface area contributed by atoms with Crippen LogP contribution < -0.4 is 20.1 Å². The van der Waals surface area contributed by atoms with Crippen LogP contribution in [0.15, 0.2) is 63.6 Å². The fraction of sp³-hybridized carbons (Fsp3) is 0.174. The molecule has 2 amide bonds. The highest BCUT2D eigenvalue weighted by Crippen LogP contribution is 2.28. The summed E-state index contributed by atoms with van der Waals surface area (Å²) >= 11 is 0.971. The molecule has 0 spiro atoms. The molecule has 0 aliphatic carbocycles. The van der Waals surface area contributed by atoms with Gasteiger partial charge in [-0.2, -0.15) is 5.10 Å². The van der Waals surface area contributed by atoms with Gasteiger partial charge in [0.1, 0.15) is 0 Å². The van der Waals surface area contributed by atoms with Gasteiger partial charge in [-0.1, -0.05) is 17.7 Å². The van der Waals surface area contributed by atoms with Crippen LogP contribution in [-0.2, 0) is 19.1 Å². The molecule has 0 atom stereocenters. The topological polar surface area (TPSA) is 128 Å². The maximum absolute atomic E-state index is 12.2. The first-order valence-corrected chi connectivity index (χ1v) is 10.8. The van der Waals surface area contributed by atoms with Gasteiger partial charge in [0.25, 0.3) is 11.8 Å². The lowest BCUT2D eigenvalue weighted by Gasteiger charge is -2.11. The molecule has 0 aromatic heterocycles. The predicted octanol–water partition coefficient (Wildman–Crippen LogP) is 2.63. The van der Waals surface area contributed by atoms with Crippen molar-refractivity contribution in [3.63, 3.8) is 0 Å². The van der Waals surface area contributed by atoms with E-state index in [-0.39, 0.29) is 22.6 Å². The molecule has 176 valence electrons. The van der Waals surface area contributed by atoms with Gasteiger partial charge < -0.3 is 19.5 Å². The number of amidine groups is 1. The number of hydrogen-bond donors (Lipinski definition) is 2. The van der Waals surface area contributed by atoms with Crippen molar-refractivity contribution in [3.05, 3.63) is 64.6 Å². The Morgan fingerprint density at radius 2 is 1.88 bits per heavy atom. The number of benzene rings is 2. The number of thioether (sulfide) groups is 1. The molecule has 1 heterocycles. The molecule has 0 unspecified atom stereocenters. The number of methoxy groups -OCH3 is 2. The second-order valence-corrected chi connectivity index (χ2v) is 7.88. The van der Waals surface area contributed by atoms with E-state index in [9.17, 15) is 14.4 Å². The standard InChI is InChI=1S/C23H22N4O6S/c1-14-4-7-16(8-5-14)25-20(28)13-33-17-9-6-15(10-18(17)31-2)12-24-27-23-26-22(30)19(34-23)11-21(29)32-3/h4-12H,13H2,1-3H3,(H,25,28)(H,26,27,30)/b19-11+,24-12?. The van der Waals surface area contributed by atoms with Crippen LogP contribution in [0.4, 0.5) is 5.69 Å². The molecule has 3 rings (SSSR count). The van der Waals surface area contributed by atoms with E-state index in [0.29, 0.717) is 22.7 Å². The maximum Gasteiger partial charge on any atom is 0.331 e. The van der Waals surface area contributed by atoms with Gasteiger partial charge in [-0.3, -0.25) is 14.9 Å². The largest absolute Gasteiger partial charge is 0.493 e. The van der Waals surface area contributed by atoms with Crippen LogP contribution >= 0.6 is 11.8 Å². The molecule has 34 heavy (non-hydrogen) atoms. The second-order valence-electron chi connectivity index (χ2n) is 6.85. The Balaban J connectivity index is 1.58. The van der Waals surface area contributed by atoms with E-state index in [4.69, 9.17) is 9.47 Å². The molecule has 0 bridgehead atoms. The number of nitrogens with zero attached hydrogens (tertiary/aromatic N) is 2. The third kappa shape index (κ3) is 6.94. The number of ether oxygens (including phenoxy) is 3. The first kappa shape index (κ1) is 24.5. The van der Waals surface area contributed by atoms with Crippen LogP contribution in [0, 0.1) is 6.92 Å². The summed E-state index contributed by atoms with van der Waals surface area (Å²) < 4.78 is 15.4. The molecule has 1 saturated heterocycles. The summed E-state index contributed by atoms with van der Waals surface area (Å²) in [5.41, 5.74) is 2.43. The van der Waals surface area contributed by atoms with E-state index in [2.05, 4.69) is 25.6 Å². The molecular formula is C23H22N4O6S. The predicted molar refractivity (Wildman–Crippen MR) is 129 cm³/mol. The average Bonchev–Trinajstić information content (AvgIpc) is 3.18. The second kappa shape index (κ2) is 11.7. The first-order valence-electron chi connectivity index (χ1n) is 9.95. The number of anilines is 1. The Bertz CT molecular complexity index is 1170. The molecule has 0 saturated carbocycles. The van der Waals surface area contributed by atoms with Crippen molar-refractivity contribution in [2.24, 2.45) is 10.2 Å². The van der Waals surface area contributed by atoms with E-state index < -0.39 is 11.9 Å². The minimum atomic E-state index is -0.635. The molecule has 11 heteroatoms. The van der Waals surface area contributed by atoms with Crippen LogP contribution in [0.1, 0.15) is 11.1 Å². The van der Waals surface area contributed by atoms with Gasteiger partial charge in [0.05, 0.1) is 25.3 Å². The SMILES string of the molecule is COC(=O)/C=C1/S/C(=N\N=Cc2ccc(OCC(=O)Nc3ccc(C)cc3)c(OC)c2)NC1=O. The van der Waals surface area contributed by atoms with Crippen LogP contribution in [-0.4, -0.2) is 50.0 Å². The third-order valence-electron chi connectivity index (χ3n) is 4.34. The average molecular weight is 483 g/mol. The normalized spacial score (nSPS) is 15.4. The summed E-state index contributed by atoms with van der Waals surface area (Å²) in [4.78, 5) is 35.4. The van der Waals surface area contributed by atoms with E-state index in [1.165, 1.54) is 20.4 Å². The minimum absolute atomic E-state index is 0.162. The summed E-state index contributed by atoms with van der Waals surface area (Å²) in [6.45, 7) is 1.78. The van der Waals surface area contributed by atoms with Crippen molar-refractivity contribution >= 4 is 46.6 Å². The molecule has 0 radical (unpaired) electrons. The number of aryl methyl sites for hydroxylation is 1. The quantitative estimate of drug-likeness (QED) is 0.256. The van der Waals surface area contributed by atoms with Crippen molar-refractivity contribution in [2.75, 3.05) is 26.1 Å². The number of rotatable bonds is 8. The van der Waals surface area contributed by atoms with Crippen LogP contribution in [0.25, 0.3) is 0 Å². The molecule has 10 nitrogen and oxygen atoms in total. The molecule has 2 N–H and O–H groups in total. The zero-order valence-corrected chi connectivity index (χ0v) is 19.5. The minimum Gasteiger partial charge on any atom is -0.493 e. The lowest BCUT2D eigenvalue weighted by Crippen LogP contribution is -2.20. The Kier molecular flexibility index (Phi) is 8.41. The number of nitrogens with one attached hydrogen (secondary N) is 2. The van der Waals surface area contributed by atoms with E-state index in [1.807, 2.05) is 31.2 Å². The first-order chi connectivity index (χ1) is 16.4. The Morgan fingerprint density at radius 1 is 1.12 bits per heavy atom. The van der Waals surface area contributed by atoms with Crippen molar-refractivity contribution < 1.29 is 28.6 Å². The molecule has 1 aliphatic heterocycles. The van der Waals surface area contributed by atoms with Crippen LogP contribution in [0.3, 0.4) is 0 Å². The van der Waals surface area contributed by atoms with Gasteiger partial charge in [0.15, 0.2) is 23.3 Å². The third-order valence-corrected chi connectivity index (χ3v) is 5.24. The Morgan fingerprint density at radius 3 is 2.59 bits per heavy atom.